The summed E-state index contributed by atoms with van der Waals surface area (Å²) in [5.74, 6) is 0.630. The molecule has 0 heterocycles. The van der Waals surface area contributed by atoms with Crippen LogP contribution in [-0.2, 0) is 0 Å². The molecule has 0 saturated carbocycles. The van der Waals surface area contributed by atoms with Gasteiger partial charge in [-0.05, 0) is 32.7 Å². The van der Waals surface area contributed by atoms with Gasteiger partial charge >= 0.3 is 0 Å². The zero-order chi connectivity index (χ0) is 8.85. The van der Waals surface area contributed by atoms with Crippen molar-refractivity contribution in [3.05, 3.63) is 0 Å². The van der Waals surface area contributed by atoms with E-state index in [1.807, 2.05) is 0 Å². The second-order valence-electron chi connectivity index (χ2n) is 3.56. The van der Waals surface area contributed by atoms with Crippen molar-refractivity contribution in [3.63, 3.8) is 0 Å². The second kappa shape index (κ2) is 5.53. The van der Waals surface area contributed by atoms with Gasteiger partial charge in [0.25, 0.3) is 0 Å². The predicted octanol–water partition coefficient (Wildman–Crippen LogP) is 2.37. The van der Waals surface area contributed by atoms with Crippen molar-refractivity contribution in [2.24, 2.45) is 5.92 Å². The summed E-state index contributed by atoms with van der Waals surface area (Å²) in [6.07, 6.45) is -0.0567. The van der Waals surface area contributed by atoms with Gasteiger partial charge in [-0.3, -0.25) is 0 Å². The van der Waals surface area contributed by atoms with E-state index >= 15 is 0 Å². The first kappa shape index (κ1) is 10.9. The molecule has 0 aromatic heterocycles. The first-order valence-corrected chi connectivity index (χ1v) is 4.41. The van der Waals surface area contributed by atoms with E-state index in [0.717, 1.165) is 6.54 Å². The van der Waals surface area contributed by atoms with Gasteiger partial charge in [0.2, 0.25) is 0 Å². The third-order valence-corrected chi connectivity index (χ3v) is 2.01. The van der Waals surface area contributed by atoms with E-state index in [1.165, 1.54) is 0 Å². The fourth-order valence-corrected chi connectivity index (χ4v) is 0.746. The lowest BCUT2D eigenvalue weighted by atomic mass is 10.1. The lowest BCUT2D eigenvalue weighted by Crippen LogP contribution is -2.32. The lowest BCUT2D eigenvalue weighted by Gasteiger charge is -2.17. The average molecular weight is 161 g/mol. The van der Waals surface area contributed by atoms with Crippen LogP contribution in [0, 0.1) is 5.92 Å². The Balaban J connectivity index is 3.24. The van der Waals surface area contributed by atoms with Crippen molar-refractivity contribution in [1.82, 2.24) is 5.32 Å². The molecule has 2 heteroatoms. The first-order valence-electron chi connectivity index (χ1n) is 4.41. The molecule has 0 fully saturated rings. The molecule has 68 valence electrons. The van der Waals surface area contributed by atoms with Crippen LogP contribution in [0.3, 0.4) is 0 Å². The minimum Gasteiger partial charge on any atom is -0.314 e. The molecule has 1 N–H and O–H groups in total. The third-order valence-electron chi connectivity index (χ3n) is 2.01. The number of hydrogen-bond acceptors (Lipinski definition) is 1. The molecule has 0 saturated heterocycles. The van der Waals surface area contributed by atoms with E-state index in [2.05, 4.69) is 26.1 Å². The van der Waals surface area contributed by atoms with Gasteiger partial charge in [-0.15, -0.1) is 0 Å². The molecule has 0 rings (SSSR count). The molecule has 2 unspecified atom stereocenters. The Labute approximate surface area is 69.4 Å². The van der Waals surface area contributed by atoms with Gasteiger partial charge in [0.05, 0.1) is 6.17 Å². The molecular formula is C9H20FN. The standard InChI is InChI=1S/C9H20FN/c1-7(2)9(4)11-6-5-8(3)10/h7-9,11H,5-6H2,1-4H3. The van der Waals surface area contributed by atoms with E-state index < -0.39 is 6.17 Å². The van der Waals surface area contributed by atoms with Gasteiger partial charge in [-0.2, -0.15) is 0 Å². The van der Waals surface area contributed by atoms with Crippen LogP contribution < -0.4 is 5.32 Å². The number of hydrogen-bond donors (Lipinski definition) is 1. The summed E-state index contributed by atoms with van der Waals surface area (Å²) in [5.41, 5.74) is 0. The largest absolute Gasteiger partial charge is 0.314 e. The van der Waals surface area contributed by atoms with Crippen molar-refractivity contribution >= 4 is 0 Å². The summed E-state index contributed by atoms with van der Waals surface area (Å²) >= 11 is 0. The molecule has 0 aromatic rings. The molecule has 0 aromatic carbocycles. The summed E-state index contributed by atoms with van der Waals surface area (Å²) < 4.78 is 12.3. The smallest absolute Gasteiger partial charge is 0.0985 e. The van der Waals surface area contributed by atoms with E-state index in [9.17, 15) is 4.39 Å². The quantitative estimate of drug-likeness (QED) is 0.652. The SMILES string of the molecule is CC(F)CCNC(C)C(C)C. The van der Waals surface area contributed by atoms with Crippen LogP contribution in [0.1, 0.15) is 34.1 Å². The summed E-state index contributed by atoms with van der Waals surface area (Å²) in [7, 11) is 0. The highest BCUT2D eigenvalue weighted by Crippen LogP contribution is 2.00. The van der Waals surface area contributed by atoms with Crippen LogP contribution in [0.25, 0.3) is 0 Å². The monoisotopic (exact) mass is 161 g/mol. The Kier molecular flexibility index (Phi) is 5.47. The first-order chi connectivity index (χ1) is 5.04. The molecule has 11 heavy (non-hydrogen) atoms. The molecule has 0 aliphatic rings. The van der Waals surface area contributed by atoms with Crippen molar-refractivity contribution < 1.29 is 4.39 Å². The topological polar surface area (TPSA) is 12.0 Å². The molecule has 0 bridgehead atoms. The average Bonchev–Trinajstić information content (AvgIpc) is 1.86. The molecule has 0 aliphatic carbocycles. The van der Waals surface area contributed by atoms with Gasteiger partial charge < -0.3 is 5.32 Å². The van der Waals surface area contributed by atoms with Crippen LogP contribution in [-0.4, -0.2) is 18.8 Å². The Morgan fingerprint density at radius 2 is 1.73 bits per heavy atom. The van der Waals surface area contributed by atoms with Crippen LogP contribution in [0.15, 0.2) is 0 Å². The molecular weight excluding hydrogens is 141 g/mol. The van der Waals surface area contributed by atoms with Gasteiger partial charge in [0.15, 0.2) is 0 Å². The normalized spacial score (nSPS) is 16.9. The Hall–Kier alpha value is -0.110. The van der Waals surface area contributed by atoms with E-state index in [1.54, 1.807) is 6.92 Å². The Morgan fingerprint density at radius 3 is 2.09 bits per heavy atom. The number of alkyl halides is 1. The van der Waals surface area contributed by atoms with Crippen molar-refractivity contribution in [3.8, 4) is 0 Å². The fraction of sp³-hybridized carbons (Fsp3) is 1.00. The van der Waals surface area contributed by atoms with E-state index in [-0.39, 0.29) is 0 Å². The van der Waals surface area contributed by atoms with Crippen LogP contribution in [0.2, 0.25) is 0 Å². The molecule has 0 spiro atoms. The van der Waals surface area contributed by atoms with Gasteiger partial charge in [-0.25, -0.2) is 4.39 Å². The van der Waals surface area contributed by atoms with Crippen LogP contribution in [0.4, 0.5) is 4.39 Å². The molecule has 2 atom stereocenters. The van der Waals surface area contributed by atoms with Gasteiger partial charge in [-0.1, -0.05) is 13.8 Å². The maximum Gasteiger partial charge on any atom is 0.0985 e. The second-order valence-corrected chi connectivity index (χ2v) is 3.56. The van der Waals surface area contributed by atoms with Gasteiger partial charge in [0.1, 0.15) is 0 Å². The highest BCUT2D eigenvalue weighted by atomic mass is 19.1. The molecule has 0 radical (unpaired) electrons. The molecule has 0 amide bonds. The molecule has 0 aliphatic heterocycles. The summed E-state index contributed by atoms with van der Waals surface area (Å²) in [5, 5.41) is 3.27. The zero-order valence-electron chi connectivity index (χ0n) is 8.02. The number of nitrogens with one attached hydrogen (secondary N) is 1. The predicted molar refractivity (Wildman–Crippen MR) is 47.5 cm³/mol. The van der Waals surface area contributed by atoms with E-state index in [0.29, 0.717) is 18.4 Å². The summed E-state index contributed by atoms with van der Waals surface area (Å²) in [6, 6.07) is 0.494. The maximum atomic E-state index is 12.3. The van der Waals surface area contributed by atoms with Crippen molar-refractivity contribution in [1.29, 1.82) is 0 Å². The van der Waals surface area contributed by atoms with Crippen molar-refractivity contribution in [2.75, 3.05) is 6.54 Å². The maximum absolute atomic E-state index is 12.3. The Bertz CT molecular complexity index is 91.6. The Morgan fingerprint density at radius 1 is 1.18 bits per heavy atom. The number of rotatable bonds is 5. The zero-order valence-corrected chi connectivity index (χ0v) is 8.02. The van der Waals surface area contributed by atoms with E-state index in [4.69, 9.17) is 0 Å². The lowest BCUT2D eigenvalue weighted by molar-refractivity contribution is 0.321. The summed E-state index contributed by atoms with van der Waals surface area (Å²) in [6.45, 7) is 8.85. The highest BCUT2D eigenvalue weighted by Gasteiger charge is 2.05. The molecule has 1 nitrogen and oxygen atoms in total. The van der Waals surface area contributed by atoms with Gasteiger partial charge in [0, 0.05) is 6.04 Å². The minimum atomic E-state index is -0.679. The third kappa shape index (κ3) is 6.29. The van der Waals surface area contributed by atoms with Crippen LogP contribution in [0.5, 0.6) is 0 Å². The summed E-state index contributed by atoms with van der Waals surface area (Å²) in [4.78, 5) is 0. The number of halogens is 1. The minimum absolute atomic E-state index is 0.494. The highest BCUT2D eigenvalue weighted by molar-refractivity contribution is 4.64. The fourth-order valence-electron chi connectivity index (χ4n) is 0.746. The van der Waals surface area contributed by atoms with Crippen molar-refractivity contribution in [2.45, 2.75) is 46.3 Å². The van der Waals surface area contributed by atoms with Crippen LogP contribution >= 0.6 is 0 Å².